The molecule has 0 unspecified atom stereocenters. The maximum atomic E-state index is 12.9. The Balaban J connectivity index is 0.000000423. The van der Waals surface area contributed by atoms with Crippen molar-refractivity contribution in [2.75, 3.05) is 22.9 Å². The van der Waals surface area contributed by atoms with Gasteiger partial charge in [0, 0.05) is 17.8 Å². The number of halogens is 10. The summed E-state index contributed by atoms with van der Waals surface area (Å²) >= 11 is 11.3. The summed E-state index contributed by atoms with van der Waals surface area (Å²) in [4.78, 5) is 56.0. The fourth-order valence-corrected chi connectivity index (χ4v) is 5.16. The highest BCUT2D eigenvalue weighted by Crippen LogP contribution is 2.34. The first kappa shape index (κ1) is 60.0. The first-order valence-corrected chi connectivity index (χ1v) is 20.3. The second-order valence-corrected chi connectivity index (χ2v) is 15.3. The SMILES string of the molecule is Nc1cc(N)c(Br)c(F)c1.Nc1cc([N+](=O)[O-])cc(F)c1Br.Nc1cc([N+](=O)[O-])cc(F)c1Br.O=[N+]([O-])c1cc(F)c(Br)c([N+](=O)[O-])c1.O=[N+]([O-])c1cc(F)c(O)c([N+](=O)[O-])c1.Oc1ccccc1F. The van der Waals surface area contributed by atoms with Crippen LogP contribution in [0.1, 0.15) is 0 Å². The highest BCUT2D eigenvalue weighted by molar-refractivity contribution is 9.11. The number of nitrogens with two attached hydrogens (primary N) is 4. The van der Waals surface area contributed by atoms with Crippen molar-refractivity contribution in [2.24, 2.45) is 0 Å². The number of non-ortho nitro benzene ring substituents is 4. The molecule has 0 saturated heterocycles. The zero-order valence-corrected chi connectivity index (χ0v) is 40.0. The molecular formula is C36H24Br4F6N10O14. The standard InChI is InChI=1S/C6H2BrFN2O4.2C6H4BrFN2O2.C6H6BrFN2.C6H3FN2O5.C6H5FO/c7-6-4(8)1-3(9(11)12)2-5(6)10(13)14;2*7-6-4(8)1-3(10(11)12)2-5(6)9;7-6-4(8)1-3(9)2-5(6)10;7-4-1-3(8(11)12)2-5(6(4)10)9(13)14;7-5-3-1-2-4-6(5)8/h1-2H;2*1-2H,9H2;1-2H,9-10H2;1-2,10H;1-4,8H. The maximum Gasteiger partial charge on any atom is 0.320 e. The van der Waals surface area contributed by atoms with E-state index in [1.165, 1.54) is 30.3 Å². The van der Waals surface area contributed by atoms with Crippen molar-refractivity contribution < 1.29 is 66.1 Å². The first-order valence-electron chi connectivity index (χ1n) is 17.1. The van der Waals surface area contributed by atoms with Gasteiger partial charge >= 0.3 is 5.69 Å². The van der Waals surface area contributed by atoms with Crippen molar-refractivity contribution in [2.45, 2.75) is 0 Å². The van der Waals surface area contributed by atoms with Gasteiger partial charge in [-0.25, -0.2) is 26.3 Å². The summed E-state index contributed by atoms with van der Waals surface area (Å²) in [5, 5.41) is 78.7. The number of phenolic OH excluding ortho intramolecular Hbond substituents is 2. The lowest BCUT2D eigenvalue weighted by atomic mass is 10.2. The van der Waals surface area contributed by atoms with Crippen LogP contribution in [-0.2, 0) is 0 Å². The molecule has 0 atom stereocenters. The minimum absolute atomic E-state index is 0.0155. The molecule has 0 radical (unpaired) electrons. The molecule has 0 heterocycles. The molecule has 70 heavy (non-hydrogen) atoms. The fourth-order valence-electron chi connectivity index (χ4n) is 4.10. The lowest BCUT2D eigenvalue weighted by Gasteiger charge is -2.00. The Hall–Kier alpha value is -7.98. The van der Waals surface area contributed by atoms with Crippen LogP contribution in [0.5, 0.6) is 11.5 Å². The summed E-state index contributed by atoms with van der Waals surface area (Å²) in [5.74, 6) is -6.42. The van der Waals surface area contributed by atoms with E-state index in [0.717, 1.165) is 24.3 Å². The third-order valence-electron chi connectivity index (χ3n) is 7.27. The van der Waals surface area contributed by atoms with Gasteiger partial charge in [0.1, 0.15) is 21.9 Å². The van der Waals surface area contributed by atoms with Gasteiger partial charge in [0.2, 0.25) is 5.75 Å². The zero-order chi connectivity index (χ0) is 54.1. The summed E-state index contributed by atoms with van der Waals surface area (Å²) in [6.45, 7) is 0. The molecule has 24 nitrogen and oxygen atoms in total. The Morgan fingerprint density at radius 2 is 0.700 bits per heavy atom. The van der Waals surface area contributed by atoms with Crippen LogP contribution in [0, 0.1) is 95.6 Å². The van der Waals surface area contributed by atoms with E-state index in [1.807, 2.05) is 0 Å². The number of aromatic hydroxyl groups is 2. The molecule has 6 rings (SSSR count). The molecule has 6 aromatic rings. The monoisotopic (exact) mass is 1250 g/mol. The lowest BCUT2D eigenvalue weighted by molar-refractivity contribution is -0.395. The number of benzene rings is 6. The number of nitrogens with zero attached hydrogens (tertiary/aromatic N) is 6. The Morgan fingerprint density at radius 3 is 1.01 bits per heavy atom. The van der Waals surface area contributed by atoms with Crippen LogP contribution in [0.3, 0.4) is 0 Å². The summed E-state index contributed by atoms with van der Waals surface area (Å²) in [5.41, 5.74) is 18.0. The van der Waals surface area contributed by atoms with Crippen LogP contribution >= 0.6 is 63.7 Å². The predicted octanol–water partition coefficient (Wildman–Crippen LogP) is 11.2. The molecule has 0 fully saturated rings. The van der Waals surface area contributed by atoms with Crippen LogP contribution in [0.25, 0.3) is 0 Å². The van der Waals surface area contributed by atoms with Gasteiger partial charge in [-0.2, -0.15) is 0 Å². The number of nitro benzene ring substituents is 6. The van der Waals surface area contributed by atoms with Crippen LogP contribution in [0.4, 0.5) is 83.2 Å². The lowest BCUT2D eigenvalue weighted by Crippen LogP contribution is -1.95. The normalized spacial score (nSPS) is 9.74. The Labute approximate surface area is 417 Å². The summed E-state index contributed by atoms with van der Waals surface area (Å²) < 4.78 is 75.8. The Bertz CT molecular complexity index is 2750. The molecular weight excluding hydrogens is 1230 g/mol. The maximum absolute atomic E-state index is 12.9. The first-order chi connectivity index (χ1) is 32.3. The molecule has 372 valence electrons. The van der Waals surface area contributed by atoms with E-state index in [9.17, 15) is 87.0 Å². The fraction of sp³-hybridized carbons (Fsp3) is 0. The molecule has 0 aromatic heterocycles. The van der Waals surface area contributed by atoms with E-state index in [4.69, 9.17) is 33.1 Å². The molecule has 0 bridgehead atoms. The average Bonchev–Trinajstić information content (AvgIpc) is 3.27. The van der Waals surface area contributed by atoms with Gasteiger partial charge in [0.25, 0.3) is 28.4 Å². The third-order valence-corrected chi connectivity index (χ3v) is 10.6. The number of phenols is 2. The molecule has 0 amide bonds. The van der Waals surface area contributed by atoms with Gasteiger partial charge in [0.05, 0.1) is 96.4 Å². The van der Waals surface area contributed by atoms with Crippen molar-refractivity contribution >= 4 is 121 Å². The van der Waals surface area contributed by atoms with Crippen molar-refractivity contribution in [3.63, 3.8) is 0 Å². The highest BCUT2D eigenvalue weighted by Gasteiger charge is 2.24. The number of anilines is 4. The van der Waals surface area contributed by atoms with Crippen LogP contribution in [0.15, 0.2) is 103 Å². The molecule has 10 N–H and O–H groups in total. The topological polar surface area (TPSA) is 403 Å². The van der Waals surface area contributed by atoms with Crippen molar-refractivity contribution in [1.82, 2.24) is 0 Å². The molecule has 0 aliphatic rings. The quantitative estimate of drug-likeness (QED) is 0.0390. The Kier molecular flexibility index (Phi) is 23.3. The number of rotatable bonds is 6. The zero-order valence-electron chi connectivity index (χ0n) is 33.6. The average molecular weight is 1250 g/mol. The van der Waals surface area contributed by atoms with Crippen LogP contribution in [0.2, 0.25) is 0 Å². The smallest absolute Gasteiger partial charge is 0.320 e. The minimum Gasteiger partial charge on any atom is -0.505 e. The van der Waals surface area contributed by atoms with Gasteiger partial charge in [-0.1, -0.05) is 12.1 Å². The molecule has 0 saturated carbocycles. The number of hydrogen-bond acceptors (Lipinski definition) is 18. The minimum atomic E-state index is -1.40. The van der Waals surface area contributed by atoms with Gasteiger partial charge < -0.3 is 33.1 Å². The second kappa shape index (κ2) is 27.1. The second-order valence-electron chi connectivity index (χ2n) is 12.1. The van der Waals surface area contributed by atoms with Crippen LogP contribution < -0.4 is 22.9 Å². The van der Waals surface area contributed by atoms with E-state index in [1.54, 1.807) is 6.07 Å². The summed E-state index contributed by atoms with van der Waals surface area (Å²) in [7, 11) is 0. The van der Waals surface area contributed by atoms with E-state index in [2.05, 4.69) is 63.7 Å². The van der Waals surface area contributed by atoms with Crippen molar-refractivity contribution in [3.05, 3.63) is 198 Å². The summed E-state index contributed by atoms with van der Waals surface area (Å²) in [6, 6.07) is 14.3. The number of para-hydroxylation sites is 1. The number of nitrogen functional groups attached to an aromatic ring is 4. The van der Waals surface area contributed by atoms with Crippen LogP contribution in [-0.4, -0.2) is 39.8 Å². The van der Waals surface area contributed by atoms with E-state index in [-0.39, 0.29) is 41.9 Å². The van der Waals surface area contributed by atoms with E-state index in [0.29, 0.717) is 35.6 Å². The summed E-state index contributed by atoms with van der Waals surface area (Å²) in [6.07, 6.45) is 0. The van der Waals surface area contributed by atoms with E-state index >= 15 is 0 Å². The van der Waals surface area contributed by atoms with E-state index < -0.39 is 97.4 Å². The highest BCUT2D eigenvalue weighted by atomic mass is 79.9. The molecule has 0 aliphatic carbocycles. The predicted molar refractivity (Wildman–Crippen MR) is 250 cm³/mol. The Morgan fingerprint density at radius 1 is 0.386 bits per heavy atom. The number of nitro groups is 6. The van der Waals surface area contributed by atoms with Gasteiger partial charge in [-0.15, -0.1) is 0 Å². The van der Waals surface area contributed by atoms with Gasteiger partial charge in [-0.05, 0) is 88.0 Å². The third kappa shape index (κ3) is 18.3. The van der Waals surface area contributed by atoms with Crippen molar-refractivity contribution in [1.29, 1.82) is 0 Å². The van der Waals surface area contributed by atoms with Gasteiger partial charge in [-0.3, -0.25) is 60.7 Å². The number of hydrogen-bond donors (Lipinski definition) is 6. The van der Waals surface area contributed by atoms with Gasteiger partial charge in [0.15, 0.2) is 23.2 Å². The molecule has 0 spiro atoms. The largest absolute Gasteiger partial charge is 0.505 e. The molecule has 34 heteroatoms. The van der Waals surface area contributed by atoms with Crippen molar-refractivity contribution in [3.8, 4) is 11.5 Å². The molecule has 0 aliphatic heterocycles. The molecule has 6 aromatic carbocycles.